The summed E-state index contributed by atoms with van der Waals surface area (Å²) in [5.41, 5.74) is 6.33. The molecule has 1 aromatic heterocycles. The van der Waals surface area contributed by atoms with E-state index in [-0.39, 0.29) is 30.7 Å². The van der Waals surface area contributed by atoms with E-state index in [0.29, 0.717) is 11.3 Å². The van der Waals surface area contributed by atoms with E-state index < -0.39 is 0 Å². The van der Waals surface area contributed by atoms with E-state index in [1.54, 1.807) is 18.2 Å². The number of nitrogens with zero attached hydrogens (tertiary/aromatic N) is 1. The van der Waals surface area contributed by atoms with E-state index in [1.165, 1.54) is 12.3 Å². The molecule has 80 valence electrons. The van der Waals surface area contributed by atoms with Crippen LogP contribution < -0.4 is 5.73 Å². The first-order valence-electron chi connectivity index (χ1n) is 4.20. The fourth-order valence-electron chi connectivity index (χ4n) is 1.16. The summed E-state index contributed by atoms with van der Waals surface area (Å²) >= 11 is 0. The van der Waals surface area contributed by atoms with Gasteiger partial charge in [-0.3, -0.25) is 0 Å². The molecular formula is C10H10ClFN2O. The van der Waals surface area contributed by atoms with Gasteiger partial charge in [-0.05, 0) is 12.1 Å². The second-order valence-corrected chi connectivity index (χ2v) is 2.83. The van der Waals surface area contributed by atoms with Crippen molar-refractivity contribution in [2.24, 2.45) is 5.73 Å². The summed E-state index contributed by atoms with van der Waals surface area (Å²) < 4.78 is 18.3. The maximum Gasteiger partial charge on any atom is 0.229 e. The molecular weight excluding hydrogens is 219 g/mol. The Morgan fingerprint density at radius 1 is 1.33 bits per heavy atom. The van der Waals surface area contributed by atoms with Gasteiger partial charge >= 0.3 is 0 Å². The van der Waals surface area contributed by atoms with Crippen LogP contribution in [0, 0.1) is 5.82 Å². The number of halogens is 2. The Morgan fingerprint density at radius 2 is 2.07 bits per heavy atom. The fourth-order valence-corrected chi connectivity index (χ4v) is 1.16. The normalized spacial score (nSPS) is 9.73. The van der Waals surface area contributed by atoms with Crippen LogP contribution >= 0.6 is 12.4 Å². The zero-order valence-corrected chi connectivity index (χ0v) is 8.63. The Labute approximate surface area is 92.5 Å². The second kappa shape index (κ2) is 4.91. The van der Waals surface area contributed by atoms with Gasteiger partial charge in [0.2, 0.25) is 5.89 Å². The van der Waals surface area contributed by atoms with Crippen LogP contribution in [0.4, 0.5) is 4.39 Å². The zero-order chi connectivity index (χ0) is 9.97. The maximum absolute atomic E-state index is 13.3. The van der Waals surface area contributed by atoms with Crippen molar-refractivity contribution in [2.45, 2.75) is 6.54 Å². The SMILES string of the molecule is Cl.NCc1coc(-c2ccccc2F)n1. The van der Waals surface area contributed by atoms with Crippen molar-refractivity contribution in [3.05, 3.63) is 42.0 Å². The minimum Gasteiger partial charge on any atom is -0.444 e. The first-order valence-corrected chi connectivity index (χ1v) is 4.20. The number of hydrogen-bond donors (Lipinski definition) is 1. The number of hydrogen-bond acceptors (Lipinski definition) is 3. The molecule has 0 aliphatic rings. The van der Waals surface area contributed by atoms with Gasteiger partial charge in [-0.1, -0.05) is 12.1 Å². The monoisotopic (exact) mass is 228 g/mol. The number of rotatable bonds is 2. The molecule has 3 nitrogen and oxygen atoms in total. The van der Waals surface area contributed by atoms with Gasteiger partial charge in [-0.15, -0.1) is 12.4 Å². The summed E-state index contributed by atoms with van der Waals surface area (Å²) in [6.07, 6.45) is 1.43. The minimum absolute atomic E-state index is 0. The van der Waals surface area contributed by atoms with Gasteiger partial charge in [0.1, 0.15) is 12.1 Å². The zero-order valence-electron chi connectivity index (χ0n) is 7.81. The molecule has 2 rings (SSSR count). The molecule has 0 aliphatic heterocycles. The van der Waals surface area contributed by atoms with Gasteiger partial charge < -0.3 is 10.2 Å². The third kappa shape index (κ3) is 2.34. The van der Waals surface area contributed by atoms with Crippen molar-refractivity contribution >= 4 is 12.4 Å². The standard InChI is InChI=1S/C10H9FN2O.ClH/c11-9-4-2-1-3-8(9)10-13-7(5-12)6-14-10;/h1-4,6H,5,12H2;1H. The molecule has 0 amide bonds. The maximum atomic E-state index is 13.3. The van der Waals surface area contributed by atoms with Crippen molar-refractivity contribution in [2.75, 3.05) is 0 Å². The lowest BCUT2D eigenvalue weighted by molar-refractivity contribution is 0.560. The Morgan fingerprint density at radius 3 is 2.67 bits per heavy atom. The summed E-state index contributed by atoms with van der Waals surface area (Å²) in [6.45, 7) is 0.290. The van der Waals surface area contributed by atoms with E-state index >= 15 is 0 Å². The lowest BCUT2D eigenvalue weighted by Gasteiger charge is -1.95. The molecule has 0 saturated carbocycles. The van der Waals surface area contributed by atoms with Crippen molar-refractivity contribution in [3.8, 4) is 11.5 Å². The highest BCUT2D eigenvalue weighted by Crippen LogP contribution is 2.21. The predicted octanol–water partition coefficient (Wildman–Crippen LogP) is 2.36. The van der Waals surface area contributed by atoms with Gasteiger partial charge in [-0.25, -0.2) is 9.37 Å². The summed E-state index contributed by atoms with van der Waals surface area (Å²) in [4.78, 5) is 4.03. The number of benzene rings is 1. The van der Waals surface area contributed by atoms with E-state index in [1.807, 2.05) is 0 Å². The van der Waals surface area contributed by atoms with Crippen molar-refractivity contribution < 1.29 is 8.81 Å². The van der Waals surface area contributed by atoms with E-state index in [4.69, 9.17) is 10.2 Å². The highest BCUT2D eigenvalue weighted by Gasteiger charge is 2.09. The molecule has 0 fully saturated rings. The van der Waals surface area contributed by atoms with Crippen molar-refractivity contribution in [3.63, 3.8) is 0 Å². The molecule has 0 aliphatic carbocycles. The van der Waals surface area contributed by atoms with Gasteiger partial charge in [0.25, 0.3) is 0 Å². The summed E-state index contributed by atoms with van der Waals surface area (Å²) in [7, 11) is 0. The van der Waals surface area contributed by atoms with Gasteiger partial charge in [-0.2, -0.15) is 0 Å². The van der Waals surface area contributed by atoms with Crippen LogP contribution in [0.25, 0.3) is 11.5 Å². The molecule has 0 unspecified atom stereocenters. The number of aromatic nitrogens is 1. The molecule has 0 atom stereocenters. The molecule has 5 heteroatoms. The van der Waals surface area contributed by atoms with Crippen LogP contribution in [-0.2, 0) is 6.54 Å². The lowest BCUT2D eigenvalue weighted by Crippen LogP contribution is -1.95. The Balaban J connectivity index is 0.00000112. The fraction of sp³-hybridized carbons (Fsp3) is 0.100. The molecule has 0 bridgehead atoms. The smallest absolute Gasteiger partial charge is 0.229 e. The van der Waals surface area contributed by atoms with Crippen LogP contribution in [0.3, 0.4) is 0 Å². The van der Waals surface area contributed by atoms with E-state index in [2.05, 4.69) is 4.98 Å². The average Bonchev–Trinajstić information content (AvgIpc) is 2.67. The molecule has 0 saturated heterocycles. The van der Waals surface area contributed by atoms with Crippen molar-refractivity contribution in [1.29, 1.82) is 0 Å². The molecule has 0 spiro atoms. The van der Waals surface area contributed by atoms with Crippen LogP contribution in [0.1, 0.15) is 5.69 Å². The highest BCUT2D eigenvalue weighted by molar-refractivity contribution is 5.85. The van der Waals surface area contributed by atoms with Gasteiger partial charge in [0.15, 0.2) is 0 Å². The first-order chi connectivity index (χ1) is 6.81. The average molecular weight is 229 g/mol. The largest absolute Gasteiger partial charge is 0.444 e. The minimum atomic E-state index is -0.349. The van der Waals surface area contributed by atoms with Crippen LogP contribution in [0.2, 0.25) is 0 Å². The quantitative estimate of drug-likeness (QED) is 0.859. The van der Waals surface area contributed by atoms with E-state index in [0.717, 1.165) is 0 Å². The number of oxazole rings is 1. The molecule has 1 heterocycles. The third-order valence-corrected chi connectivity index (χ3v) is 1.87. The van der Waals surface area contributed by atoms with E-state index in [9.17, 15) is 4.39 Å². The summed E-state index contributed by atoms with van der Waals surface area (Å²) in [6, 6.07) is 6.32. The Hall–Kier alpha value is -1.39. The van der Waals surface area contributed by atoms with Crippen LogP contribution in [-0.4, -0.2) is 4.98 Å². The molecule has 15 heavy (non-hydrogen) atoms. The highest BCUT2D eigenvalue weighted by atomic mass is 35.5. The van der Waals surface area contributed by atoms with Gasteiger partial charge in [0.05, 0.1) is 11.3 Å². The third-order valence-electron chi connectivity index (χ3n) is 1.87. The topological polar surface area (TPSA) is 52.0 Å². The first kappa shape index (κ1) is 11.7. The molecule has 0 radical (unpaired) electrons. The van der Waals surface area contributed by atoms with Crippen LogP contribution in [0.5, 0.6) is 0 Å². The molecule has 2 aromatic rings. The summed E-state index contributed by atoms with van der Waals surface area (Å²) in [5.74, 6) is -0.0820. The molecule has 2 N–H and O–H groups in total. The molecule has 1 aromatic carbocycles. The predicted molar refractivity (Wildman–Crippen MR) is 57.0 cm³/mol. The lowest BCUT2D eigenvalue weighted by atomic mass is 10.2. The second-order valence-electron chi connectivity index (χ2n) is 2.83. The van der Waals surface area contributed by atoms with Gasteiger partial charge in [0, 0.05) is 6.54 Å². The number of nitrogens with two attached hydrogens (primary N) is 1. The Kier molecular flexibility index (Phi) is 3.82. The summed E-state index contributed by atoms with van der Waals surface area (Å²) in [5, 5.41) is 0. The Bertz CT molecular complexity index is 444. The van der Waals surface area contributed by atoms with Crippen LogP contribution in [0.15, 0.2) is 34.9 Å². The van der Waals surface area contributed by atoms with Crippen molar-refractivity contribution in [1.82, 2.24) is 4.98 Å².